The van der Waals surface area contributed by atoms with Gasteiger partial charge in [0.1, 0.15) is 0 Å². The third-order valence-electron chi connectivity index (χ3n) is 3.18. The van der Waals surface area contributed by atoms with Gasteiger partial charge in [0, 0.05) is 19.3 Å². The van der Waals surface area contributed by atoms with E-state index in [0.717, 1.165) is 24.4 Å². The Morgan fingerprint density at radius 2 is 2.11 bits per heavy atom. The Balaban J connectivity index is 2.14. The minimum atomic E-state index is 0.0534. The van der Waals surface area contributed by atoms with Crippen molar-refractivity contribution in [3.63, 3.8) is 0 Å². The third kappa shape index (κ3) is 1.76. The molecule has 1 aliphatic rings. The monoisotopic (exact) mass is 245 g/mol. The highest BCUT2D eigenvalue weighted by molar-refractivity contribution is 6.05. The maximum Gasteiger partial charge on any atom is 0.165 e. The molecule has 0 amide bonds. The van der Waals surface area contributed by atoms with Gasteiger partial charge in [-0.1, -0.05) is 6.07 Å². The number of rotatable bonds is 2. The largest absolute Gasteiger partial charge is 0.378 e. The van der Waals surface area contributed by atoms with Crippen LogP contribution in [0.5, 0.6) is 0 Å². The first-order valence-corrected chi connectivity index (χ1v) is 6.08. The van der Waals surface area contributed by atoms with Gasteiger partial charge in [-0.15, -0.1) is 5.10 Å². The van der Waals surface area contributed by atoms with E-state index in [4.69, 9.17) is 4.74 Å². The minimum Gasteiger partial charge on any atom is -0.378 e. The molecule has 1 fully saturated rings. The lowest BCUT2D eigenvalue weighted by atomic mass is 10.1. The molecule has 1 saturated heterocycles. The van der Waals surface area contributed by atoms with Crippen molar-refractivity contribution in [3.8, 4) is 0 Å². The quantitative estimate of drug-likeness (QED) is 0.750. The number of nitrogens with zero attached hydrogens (tertiary/aromatic N) is 3. The Morgan fingerprint density at radius 1 is 1.33 bits per heavy atom. The van der Waals surface area contributed by atoms with E-state index < -0.39 is 0 Å². The highest BCUT2D eigenvalue weighted by Crippen LogP contribution is 2.25. The lowest BCUT2D eigenvalue weighted by Crippen LogP contribution is -2.37. The first kappa shape index (κ1) is 11.2. The van der Waals surface area contributed by atoms with E-state index >= 15 is 0 Å². The smallest absolute Gasteiger partial charge is 0.165 e. The fraction of sp³-hybridized carbons (Fsp3) is 0.385. The predicted octanol–water partition coefficient (Wildman–Crippen LogP) is 1.37. The summed E-state index contributed by atoms with van der Waals surface area (Å²) in [6.07, 6.45) is 1.87. The molecule has 2 aromatic rings. The first-order valence-electron chi connectivity index (χ1n) is 6.08. The van der Waals surface area contributed by atoms with E-state index in [1.165, 1.54) is 0 Å². The summed E-state index contributed by atoms with van der Waals surface area (Å²) < 4.78 is 7.10. The van der Waals surface area contributed by atoms with Gasteiger partial charge < -0.3 is 9.64 Å². The molecule has 3 rings (SSSR count). The summed E-state index contributed by atoms with van der Waals surface area (Å²) in [5.74, 6) is 0.828. The van der Waals surface area contributed by atoms with E-state index in [2.05, 4.69) is 10.00 Å². The van der Waals surface area contributed by atoms with Crippen LogP contribution in [0, 0.1) is 0 Å². The molecular formula is C13H15N3O2. The third-order valence-corrected chi connectivity index (χ3v) is 3.18. The van der Waals surface area contributed by atoms with Crippen molar-refractivity contribution < 1.29 is 9.53 Å². The highest BCUT2D eigenvalue weighted by Gasteiger charge is 2.22. The van der Waals surface area contributed by atoms with Gasteiger partial charge in [0.05, 0.1) is 24.3 Å². The minimum absolute atomic E-state index is 0.0534. The predicted molar refractivity (Wildman–Crippen MR) is 68.2 cm³/mol. The maximum atomic E-state index is 11.9. The van der Waals surface area contributed by atoms with Crippen molar-refractivity contribution in [2.24, 2.45) is 0 Å². The number of carbonyl (C=O) groups excluding carboxylic acids is 1. The molecule has 0 atom stereocenters. The average Bonchev–Trinajstić information content (AvgIpc) is 2.79. The molecule has 0 spiro atoms. The lowest BCUT2D eigenvalue weighted by Gasteiger charge is -2.27. The summed E-state index contributed by atoms with van der Waals surface area (Å²) in [6, 6.07) is 5.76. The summed E-state index contributed by atoms with van der Waals surface area (Å²) in [6.45, 7) is 4.53. The lowest BCUT2D eigenvalue weighted by molar-refractivity contribution is 0.101. The van der Waals surface area contributed by atoms with E-state index in [1.54, 1.807) is 11.4 Å². The molecule has 0 N–H and O–H groups in total. The molecule has 94 valence electrons. The Hall–Kier alpha value is -1.88. The second-order valence-corrected chi connectivity index (χ2v) is 4.38. The molecule has 0 unspecified atom stereocenters. The van der Waals surface area contributed by atoms with Crippen LogP contribution in [0.1, 0.15) is 17.3 Å². The van der Waals surface area contributed by atoms with E-state index in [-0.39, 0.29) is 5.78 Å². The van der Waals surface area contributed by atoms with Crippen molar-refractivity contribution in [3.05, 3.63) is 30.0 Å². The van der Waals surface area contributed by atoms with Crippen LogP contribution in [0.4, 0.5) is 5.82 Å². The summed E-state index contributed by atoms with van der Waals surface area (Å²) in [5.41, 5.74) is 1.57. The first-order chi connectivity index (χ1) is 8.77. The molecule has 18 heavy (non-hydrogen) atoms. The van der Waals surface area contributed by atoms with Gasteiger partial charge in [-0.05, 0) is 19.1 Å². The van der Waals surface area contributed by atoms with Crippen LogP contribution >= 0.6 is 0 Å². The van der Waals surface area contributed by atoms with E-state index in [0.29, 0.717) is 18.8 Å². The van der Waals surface area contributed by atoms with Gasteiger partial charge in [0.2, 0.25) is 0 Å². The van der Waals surface area contributed by atoms with Crippen molar-refractivity contribution in [1.29, 1.82) is 0 Å². The van der Waals surface area contributed by atoms with Crippen LogP contribution < -0.4 is 4.90 Å². The second kappa shape index (κ2) is 4.42. The molecule has 5 heteroatoms. The van der Waals surface area contributed by atoms with Crippen LogP contribution in [-0.2, 0) is 4.74 Å². The number of anilines is 1. The zero-order valence-corrected chi connectivity index (χ0v) is 10.3. The molecule has 0 saturated carbocycles. The molecule has 2 aromatic heterocycles. The second-order valence-electron chi connectivity index (χ2n) is 4.38. The summed E-state index contributed by atoms with van der Waals surface area (Å²) in [5, 5.41) is 4.52. The fourth-order valence-electron chi connectivity index (χ4n) is 2.32. The number of morpholine rings is 1. The molecule has 0 radical (unpaired) electrons. The molecule has 3 heterocycles. The van der Waals surface area contributed by atoms with Crippen LogP contribution in [-0.4, -0.2) is 41.7 Å². The fourth-order valence-corrected chi connectivity index (χ4v) is 2.32. The van der Waals surface area contributed by atoms with Gasteiger partial charge in [-0.3, -0.25) is 4.79 Å². The van der Waals surface area contributed by atoms with Gasteiger partial charge in [0.25, 0.3) is 0 Å². The SMILES string of the molecule is CC(=O)c1c(N2CCOCC2)nn2ccccc12. The number of Topliss-reactive ketones (excluding diaryl/α,β-unsaturated/α-hetero) is 1. The van der Waals surface area contributed by atoms with Crippen LogP contribution in [0.25, 0.3) is 5.52 Å². The number of pyridine rings is 1. The van der Waals surface area contributed by atoms with Gasteiger partial charge in [-0.2, -0.15) is 0 Å². The molecular weight excluding hydrogens is 230 g/mol. The summed E-state index contributed by atoms with van der Waals surface area (Å²) in [7, 11) is 0. The van der Waals surface area contributed by atoms with E-state index in [1.807, 2.05) is 24.4 Å². The van der Waals surface area contributed by atoms with Gasteiger partial charge in [0.15, 0.2) is 11.6 Å². The van der Waals surface area contributed by atoms with E-state index in [9.17, 15) is 4.79 Å². The molecule has 5 nitrogen and oxygen atoms in total. The zero-order chi connectivity index (χ0) is 12.5. The molecule has 0 aromatic carbocycles. The normalized spacial score (nSPS) is 16.2. The van der Waals surface area contributed by atoms with Gasteiger partial charge >= 0.3 is 0 Å². The maximum absolute atomic E-state index is 11.9. The Kier molecular flexibility index (Phi) is 2.76. The number of ether oxygens (including phenoxy) is 1. The van der Waals surface area contributed by atoms with Crippen molar-refractivity contribution in [2.75, 3.05) is 31.2 Å². The molecule has 1 aliphatic heterocycles. The topological polar surface area (TPSA) is 46.8 Å². The average molecular weight is 245 g/mol. The molecule has 0 aliphatic carbocycles. The van der Waals surface area contributed by atoms with Crippen LogP contribution in [0.2, 0.25) is 0 Å². The van der Waals surface area contributed by atoms with Crippen LogP contribution in [0.15, 0.2) is 24.4 Å². The summed E-state index contributed by atoms with van der Waals surface area (Å²) in [4.78, 5) is 14.0. The standard InChI is InChI=1S/C13H15N3O2/c1-10(17)12-11-4-2-3-5-16(11)14-13(12)15-6-8-18-9-7-15/h2-5H,6-9H2,1H3. The Labute approximate surface area is 105 Å². The van der Waals surface area contributed by atoms with Gasteiger partial charge in [-0.25, -0.2) is 4.52 Å². The van der Waals surface area contributed by atoms with Crippen molar-refractivity contribution >= 4 is 17.1 Å². The Bertz CT molecular complexity index is 585. The van der Waals surface area contributed by atoms with Crippen LogP contribution in [0.3, 0.4) is 0 Å². The number of hydrogen-bond acceptors (Lipinski definition) is 4. The number of carbonyl (C=O) groups is 1. The number of fused-ring (bicyclic) bond motifs is 1. The molecule has 0 bridgehead atoms. The number of aromatic nitrogens is 2. The number of hydrogen-bond donors (Lipinski definition) is 0. The van der Waals surface area contributed by atoms with Crippen molar-refractivity contribution in [1.82, 2.24) is 9.61 Å². The summed E-state index contributed by atoms with van der Waals surface area (Å²) >= 11 is 0. The van der Waals surface area contributed by atoms with Crippen molar-refractivity contribution in [2.45, 2.75) is 6.92 Å². The Morgan fingerprint density at radius 3 is 2.83 bits per heavy atom. The zero-order valence-electron chi connectivity index (χ0n) is 10.3. The number of ketones is 1. The highest BCUT2D eigenvalue weighted by atomic mass is 16.5.